The molecule has 2 N–H and O–H groups in total. The predicted molar refractivity (Wildman–Crippen MR) is 99.0 cm³/mol. The highest BCUT2D eigenvalue weighted by molar-refractivity contribution is 5.36. The van der Waals surface area contributed by atoms with Gasteiger partial charge in [-0.25, -0.2) is 0 Å². The zero-order valence-electron chi connectivity index (χ0n) is 14.9. The van der Waals surface area contributed by atoms with Gasteiger partial charge in [-0.15, -0.1) is 0 Å². The Morgan fingerprint density at radius 2 is 2.04 bits per heavy atom. The monoisotopic (exact) mass is 338 g/mol. The molecular weight excluding hydrogens is 312 g/mol. The normalized spacial score (nSPS) is 18.6. The van der Waals surface area contributed by atoms with Gasteiger partial charge in [-0.3, -0.25) is 9.88 Å². The summed E-state index contributed by atoms with van der Waals surface area (Å²) in [5.41, 5.74) is 2.68. The van der Waals surface area contributed by atoms with Crippen LogP contribution in [0.25, 0.3) is 0 Å². The quantitative estimate of drug-likeness (QED) is 0.895. The van der Waals surface area contributed by atoms with Gasteiger partial charge in [0.15, 0.2) is 0 Å². The highest BCUT2D eigenvalue weighted by Gasteiger charge is 2.30. The SMILES string of the molecule is CC.N#Cc1cncc(C(c2ccccc2)N2CCNCC2CO)c1. The van der Waals surface area contributed by atoms with Crippen LogP contribution in [0, 0.1) is 11.3 Å². The van der Waals surface area contributed by atoms with Crippen molar-refractivity contribution >= 4 is 0 Å². The van der Waals surface area contributed by atoms with Gasteiger partial charge in [-0.1, -0.05) is 44.2 Å². The van der Waals surface area contributed by atoms with Gasteiger partial charge < -0.3 is 10.4 Å². The van der Waals surface area contributed by atoms with E-state index in [1.807, 2.05) is 44.3 Å². The summed E-state index contributed by atoms with van der Waals surface area (Å²) in [6, 6.07) is 14.3. The van der Waals surface area contributed by atoms with E-state index in [2.05, 4.69) is 33.4 Å². The van der Waals surface area contributed by atoms with Crippen LogP contribution in [0.3, 0.4) is 0 Å². The molecule has 0 radical (unpaired) electrons. The lowest BCUT2D eigenvalue weighted by molar-refractivity contribution is 0.0759. The molecule has 5 heteroatoms. The number of rotatable bonds is 4. The van der Waals surface area contributed by atoms with Crippen LogP contribution in [0.1, 0.15) is 36.6 Å². The van der Waals surface area contributed by atoms with E-state index in [0.717, 1.165) is 30.8 Å². The molecule has 2 heterocycles. The maximum Gasteiger partial charge on any atom is 0.101 e. The number of benzene rings is 1. The average molecular weight is 338 g/mol. The summed E-state index contributed by atoms with van der Waals surface area (Å²) in [4.78, 5) is 6.52. The summed E-state index contributed by atoms with van der Waals surface area (Å²) in [7, 11) is 0. The summed E-state index contributed by atoms with van der Waals surface area (Å²) in [5, 5.41) is 22.3. The van der Waals surface area contributed by atoms with Gasteiger partial charge in [0.1, 0.15) is 6.07 Å². The third-order valence-corrected chi connectivity index (χ3v) is 4.26. The second kappa shape index (κ2) is 9.90. The lowest BCUT2D eigenvalue weighted by Crippen LogP contribution is -2.54. The predicted octanol–water partition coefficient (Wildman–Crippen LogP) is 2.33. The van der Waals surface area contributed by atoms with Crippen LogP contribution in [0.4, 0.5) is 0 Å². The minimum atomic E-state index is -0.0174. The largest absolute Gasteiger partial charge is 0.395 e. The minimum Gasteiger partial charge on any atom is -0.395 e. The van der Waals surface area contributed by atoms with Crippen molar-refractivity contribution in [2.75, 3.05) is 26.2 Å². The van der Waals surface area contributed by atoms with E-state index in [4.69, 9.17) is 5.26 Å². The highest BCUT2D eigenvalue weighted by atomic mass is 16.3. The maximum atomic E-state index is 9.76. The molecule has 0 aliphatic carbocycles. The Hall–Kier alpha value is -2.26. The summed E-state index contributed by atoms with van der Waals surface area (Å²) >= 11 is 0. The van der Waals surface area contributed by atoms with Crippen molar-refractivity contribution in [1.29, 1.82) is 5.26 Å². The van der Waals surface area contributed by atoms with Crippen LogP contribution in [-0.4, -0.2) is 47.3 Å². The second-order valence-corrected chi connectivity index (χ2v) is 5.71. The van der Waals surface area contributed by atoms with Gasteiger partial charge in [0.2, 0.25) is 0 Å². The number of pyridine rings is 1. The van der Waals surface area contributed by atoms with E-state index in [1.165, 1.54) is 0 Å². The summed E-state index contributed by atoms with van der Waals surface area (Å²) in [5.74, 6) is 0. The Morgan fingerprint density at radius 1 is 1.28 bits per heavy atom. The molecule has 1 saturated heterocycles. The van der Waals surface area contributed by atoms with Gasteiger partial charge >= 0.3 is 0 Å². The maximum absolute atomic E-state index is 9.76. The number of hydrogen-bond acceptors (Lipinski definition) is 5. The molecule has 0 bridgehead atoms. The summed E-state index contributed by atoms with van der Waals surface area (Å²) in [6.45, 7) is 6.57. The van der Waals surface area contributed by atoms with Crippen LogP contribution in [0.2, 0.25) is 0 Å². The van der Waals surface area contributed by atoms with Crippen LogP contribution in [0.5, 0.6) is 0 Å². The summed E-state index contributed by atoms with van der Waals surface area (Å²) in [6.07, 6.45) is 3.39. The molecule has 2 unspecified atom stereocenters. The first kappa shape index (κ1) is 19.1. The number of aliphatic hydroxyl groups excluding tert-OH is 1. The van der Waals surface area contributed by atoms with Crippen molar-refractivity contribution in [2.45, 2.75) is 25.9 Å². The van der Waals surface area contributed by atoms with E-state index in [1.54, 1.807) is 6.20 Å². The van der Waals surface area contributed by atoms with Crippen LogP contribution in [-0.2, 0) is 0 Å². The molecule has 1 aromatic carbocycles. The lowest BCUT2D eigenvalue weighted by Gasteiger charge is -2.41. The smallest absolute Gasteiger partial charge is 0.101 e. The number of aliphatic hydroxyl groups is 1. The lowest BCUT2D eigenvalue weighted by atomic mass is 9.95. The minimum absolute atomic E-state index is 0.0174. The van der Waals surface area contributed by atoms with E-state index in [-0.39, 0.29) is 18.7 Å². The van der Waals surface area contributed by atoms with Crippen molar-refractivity contribution in [3.63, 3.8) is 0 Å². The Morgan fingerprint density at radius 3 is 2.72 bits per heavy atom. The number of piperazine rings is 1. The standard InChI is InChI=1S/C18H20N4O.C2H6/c19-9-14-8-16(11-21-10-14)18(15-4-2-1-3-5-15)22-7-6-20-12-17(22)13-23;1-2/h1-5,8,10-11,17-18,20,23H,6-7,12-13H2;1-2H3. The Labute approximate surface area is 149 Å². The molecule has 2 atom stereocenters. The van der Waals surface area contributed by atoms with Crippen LogP contribution >= 0.6 is 0 Å². The Kier molecular flexibility index (Phi) is 7.55. The van der Waals surface area contributed by atoms with Gasteiger partial charge in [0.05, 0.1) is 18.2 Å². The third kappa shape index (κ3) is 4.64. The van der Waals surface area contributed by atoms with Crippen molar-refractivity contribution in [3.8, 4) is 6.07 Å². The first-order valence-corrected chi connectivity index (χ1v) is 8.81. The molecule has 2 aromatic rings. The van der Waals surface area contributed by atoms with Gasteiger partial charge in [0, 0.05) is 38.1 Å². The molecule has 1 fully saturated rings. The first-order chi connectivity index (χ1) is 12.3. The van der Waals surface area contributed by atoms with E-state index in [0.29, 0.717) is 5.56 Å². The van der Waals surface area contributed by atoms with Gasteiger partial charge in [-0.05, 0) is 17.2 Å². The fraction of sp³-hybridized carbons (Fsp3) is 0.400. The number of hydrogen-bond donors (Lipinski definition) is 2. The fourth-order valence-corrected chi connectivity index (χ4v) is 3.17. The molecule has 5 nitrogen and oxygen atoms in total. The van der Waals surface area contributed by atoms with Gasteiger partial charge in [-0.2, -0.15) is 5.26 Å². The molecule has 132 valence electrons. The molecule has 0 amide bonds. The van der Waals surface area contributed by atoms with Crippen LogP contribution in [0.15, 0.2) is 48.8 Å². The molecule has 25 heavy (non-hydrogen) atoms. The molecule has 1 aliphatic rings. The van der Waals surface area contributed by atoms with Gasteiger partial charge in [0.25, 0.3) is 0 Å². The Bertz CT molecular complexity index is 684. The van der Waals surface area contributed by atoms with Crippen molar-refractivity contribution in [1.82, 2.24) is 15.2 Å². The molecular formula is C20H26N4O. The van der Waals surface area contributed by atoms with E-state index < -0.39 is 0 Å². The fourth-order valence-electron chi connectivity index (χ4n) is 3.17. The van der Waals surface area contributed by atoms with Crippen molar-refractivity contribution < 1.29 is 5.11 Å². The average Bonchev–Trinajstić information content (AvgIpc) is 2.71. The first-order valence-electron chi connectivity index (χ1n) is 8.81. The topological polar surface area (TPSA) is 72.2 Å². The second-order valence-electron chi connectivity index (χ2n) is 5.71. The number of aromatic nitrogens is 1. The number of nitriles is 1. The number of nitrogens with one attached hydrogen (secondary N) is 1. The van der Waals surface area contributed by atoms with Crippen LogP contribution < -0.4 is 5.32 Å². The molecule has 0 saturated carbocycles. The molecule has 0 spiro atoms. The van der Waals surface area contributed by atoms with E-state index >= 15 is 0 Å². The molecule has 1 aromatic heterocycles. The van der Waals surface area contributed by atoms with E-state index in [9.17, 15) is 5.11 Å². The van der Waals surface area contributed by atoms with Crippen molar-refractivity contribution in [2.24, 2.45) is 0 Å². The molecule has 1 aliphatic heterocycles. The summed E-state index contributed by atoms with van der Waals surface area (Å²) < 4.78 is 0. The zero-order valence-corrected chi connectivity index (χ0v) is 14.9. The number of nitrogens with zero attached hydrogens (tertiary/aromatic N) is 3. The van der Waals surface area contributed by atoms with Crippen molar-refractivity contribution in [3.05, 3.63) is 65.5 Å². The Balaban J connectivity index is 0.00000109. The third-order valence-electron chi connectivity index (χ3n) is 4.26. The zero-order chi connectivity index (χ0) is 18.1. The molecule has 3 rings (SSSR count). The highest BCUT2D eigenvalue weighted by Crippen LogP contribution is 2.30.